The van der Waals surface area contributed by atoms with Gasteiger partial charge in [0.25, 0.3) is 0 Å². The van der Waals surface area contributed by atoms with E-state index in [1.54, 1.807) is 0 Å². The van der Waals surface area contributed by atoms with Gasteiger partial charge in [0.15, 0.2) is 0 Å². The fourth-order valence-corrected chi connectivity index (χ4v) is 4.23. The highest BCUT2D eigenvalue weighted by atomic mass is 31.2. The number of fused-ring (bicyclic) bond motifs is 1. The van der Waals surface area contributed by atoms with Crippen LogP contribution in [0.5, 0.6) is 5.75 Å². The van der Waals surface area contributed by atoms with Crippen LogP contribution < -0.4 is 4.74 Å². The minimum absolute atomic E-state index is 0.120. The van der Waals surface area contributed by atoms with Crippen LogP contribution in [0.1, 0.15) is 84.0 Å². The van der Waals surface area contributed by atoms with Crippen LogP contribution in [0.3, 0.4) is 0 Å². The van der Waals surface area contributed by atoms with Gasteiger partial charge in [-0.2, -0.15) is 0 Å². The summed E-state index contributed by atoms with van der Waals surface area (Å²) in [5.41, 5.74) is 0. The molecule has 0 bridgehead atoms. The van der Waals surface area contributed by atoms with Crippen molar-refractivity contribution in [3.05, 3.63) is 42.5 Å². The van der Waals surface area contributed by atoms with Gasteiger partial charge in [-0.1, -0.05) is 108 Å². The molecule has 5 nitrogen and oxygen atoms in total. The molecule has 0 radical (unpaired) electrons. The number of phosphoric ester groups is 1. The number of benzene rings is 2. The molecule has 31 heavy (non-hydrogen) atoms. The van der Waals surface area contributed by atoms with Gasteiger partial charge in [-0.25, -0.2) is 4.57 Å². The van der Waals surface area contributed by atoms with Crippen molar-refractivity contribution in [1.82, 2.24) is 0 Å². The quantitative estimate of drug-likeness (QED) is 0.194. The van der Waals surface area contributed by atoms with Gasteiger partial charge in [-0.05, 0) is 24.3 Å². The van der Waals surface area contributed by atoms with Crippen molar-refractivity contribution < 1.29 is 23.6 Å². The molecule has 0 aliphatic rings. The van der Waals surface area contributed by atoms with Crippen molar-refractivity contribution in [3.63, 3.8) is 0 Å². The molecule has 0 fully saturated rings. The summed E-state index contributed by atoms with van der Waals surface area (Å²) in [6.45, 7) is 2.13. The van der Waals surface area contributed by atoms with E-state index in [-0.39, 0.29) is 6.61 Å². The van der Waals surface area contributed by atoms with Crippen molar-refractivity contribution >= 4 is 18.6 Å². The molecular formula is C25H39O5P. The van der Waals surface area contributed by atoms with Crippen LogP contribution in [-0.2, 0) is 9.09 Å². The lowest BCUT2D eigenvalue weighted by Crippen LogP contribution is -2.22. The number of unbranched alkanes of at least 4 members (excludes halogenated alkanes) is 10. The van der Waals surface area contributed by atoms with Crippen LogP contribution in [0.25, 0.3) is 10.8 Å². The van der Waals surface area contributed by atoms with E-state index < -0.39 is 13.9 Å². The van der Waals surface area contributed by atoms with E-state index >= 15 is 0 Å². The molecule has 0 aliphatic heterocycles. The maximum absolute atomic E-state index is 11.2. The summed E-state index contributed by atoms with van der Waals surface area (Å²) in [6.07, 6.45) is 14.2. The van der Waals surface area contributed by atoms with E-state index in [9.17, 15) is 4.57 Å². The van der Waals surface area contributed by atoms with Gasteiger partial charge in [0, 0.05) is 5.39 Å². The van der Waals surface area contributed by atoms with Crippen LogP contribution >= 0.6 is 7.82 Å². The Kier molecular flexibility index (Phi) is 12.2. The second-order valence-electron chi connectivity index (χ2n) is 8.33. The first-order chi connectivity index (χ1) is 15.0. The van der Waals surface area contributed by atoms with Gasteiger partial charge in [-0.3, -0.25) is 4.52 Å². The number of hydrogen-bond acceptors (Lipinski definition) is 3. The Morgan fingerprint density at radius 3 is 2.03 bits per heavy atom. The zero-order chi connectivity index (χ0) is 22.4. The molecule has 0 aliphatic carbocycles. The molecule has 1 atom stereocenters. The van der Waals surface area contributed by atoms with E-state index in [4.69, 9.17) is 19.0 Å². The molecule has 0 heterocycles. The molecule has 1 unspecified atom stereocenters. The second-order valence-corrected chi connectivity index (χ2v) is 9.57. The van der Waals surface area contributed by atoms with E-state index in [1.807, 2.05) is 42.5 Å². The Labute approximate surface area is 187 Å². The van der Waals surface area contributed by atoms with Crippen molar-refractivity contribution in [1.29, 1.82) is 0 Å². The average Bonchev–Trinajstić information content (AvgIpc) is 2.75. The molecular weight excluding hydrogens is 411 g/mol. The van der Waals surface area contributed by atoms with Gasteiger partial charge in [0.05, 0.1) is 6.61 Å². The monoisotopic (exact) mass is 450 g/mol. The summed E-state index contributed by atoms with van der Waals surface area (Å²) in [4.78, 5) is 18.2. The third-order valence-corrected chi connectivity index (χ3v) is 6.09. The first-order valence-electron chi connectivity index (χ1n) is 11.8. The normalized spacial score (nSPS) is 12.9. The fraction of sp³-hybridized carbons (Fsp3) is 0.600. The summed E-state index contributed by atoms with van der Waals surface area (Å²) in [7, 11) is -4.52. The predicted molar refractivity (Wildman–Crippen MR) is 127 cm³/mol. The number of ether oxygens (including phenoxy) is 1. The fourth-order valence-electron chi connectivity index (χ4n) is 3.87. The van der Waals surface area contributed by atoms with Gasteiger partial charge in [0.1, 0.15) is 11.9 Å². The molecule has 0 saturated heterocycles. The summed E-state index contributed by atoms with van der Waals surface area (Å²) in [6, 6.07) is 13.8. The number of hydrogen-bond donors (Lipinski definition) is 2. The predicted octanol–water partition coefficient (Wildman–Crippen LogP) is 7.40. The van der Waals surface area contributed by atoms with E-state index in [0.29, 0.717) is 6.42 Å². The molecule has 0 amide bonds. The van der Waals surface area contributed by atoms with Gasteiger partial charge < -0.3 is 14.5 Å². The Morgan fingerprint density at radius 2 is 1.39 bits per heavy atom. The third kappa shape index (κ3) is 11.2. The molecule has 2 N–H and O–H groups in total. The lowest BCUT2D eigenvalue weighted by molar-refractivity contribution is 0.0952. The first kappa shape index (κ1) is 25.9. The van der Waals surface area contributed by atoms with Crippen LogP contribution in [0, 0.1) is 0 Å². The van der Waals surface area contributed by atoms with Crippen molar-refractivity contribution in [2.45, 2.75) is 90.1 Å². The van der Waals surface area contributed by atoms with E-state index in [0.717, 1.165) is 29.4 Å². The molecule has 174 valence electrons. The van der Waals surface area contributed by atoms with Crippen LogP contribution in [-0.4, -0.2) is 22.5 Å². The Hall–Kier alpha value is -1.39. The van der Waals surface area contributed by atoms with Crippen molar-refractivity contribution in [3.8, 4) is 5.75 Å². The van der Waals surface area contributed by atoms with Crippen LogP contribution in [0.2, 0.25) is 0 Å². The summed E-state index contributed by atoms with van der Waals surface area (Å²) < 4.78 is 22.1. The average molecular weight is 451 g/mol. The van der Waals surface area contributed by atoms with Crippen LogP contribution in [0.4, 0.5) is 0 Å². The summed E-state index contributed by atoms with van der Waals surface area (Å²) in [5.74, 6) is 0.723. The minimum Gasteiger partial charge on any atom is -0.487 e. The lowest BCUT2D eigenvalue weighted by Gasteiger charge is -2.20. The lowest BCUT2D eigenvalue weighted by atomic mass is 10.0. The van der Waals surface area contributed by atoms with E-state index in [1.165, 1.54) is 57.8 Å². The topological polar surface area (TPSA) is 76.0 Å². The van der Waals surface area contributed by atoms with Gasteiger partial charge in [-0.15, -0.1) is 0 Å². The van der Waals surface area contributed by atoms with Gasteiger partial charge >= 0.3 is 7.82 Å². The number of phosphoric acid groups is 1. The third-order valence-electron chi connectivity index (χ3n) is 5.60. The molecule has 2 aromatic carbocycles. The highest BCUT2D eigenvalue weighted by molar-refractivity contribution is 7.46. The first-order valence-corrected chi connectivity index (χ1v) is 13.4. The highest BCUT2D eigenvalue weighted by Crippen LogP contribution is 2.36. The molecule has 0 saturated carbocycles. The maximum Gasteiger partial charge on any atom is 0.469 e. The van der Waals surface area contributed by atoms with Gasteiger partial charge in [0.2, 0.25) is 0 Å². The molecule has 0 aromatic heterocycles. The highest BCUT2D eigenvalue weighted by Gasteiger charge is 2.20. The zero-order valence-corrected chi connectivity index (χ0v) is 19.8. The zero-order valence-electron chi connectivity index (χ0n) is 18.9. The molecule has 2 rings (SSSR count). The molecule has 0 spiro atoms. The Balaban J connectivity index is 1.75. The largest absolute Gasteiger partial charge is 0.487 e. The smallest absolute Gasteiger partial charge is 0.469 e. The molecule has 2 aromatic rings. The molecule has 6 heteroatoms. The second kappa shape index (κ2) is 14.6. The summed E-state index contributed by atoms with van der Waals surface area (Å²) >= 11 is 0. The van der Waals surface area contributed by atoms with E-state index in [2.05, 4.69) is 6.92 Å². The summed E-state index contributed by atoms with van der Waals surface area (Å²) in [5, 5.41) is 2.06. The maximum atomic E-state index is 11.2. The van der Waals surface area contributed by atoms with Crippen LogP contribution in [0.15, 0.2) is 42.5 Å². The Morgan fingerprint density at radius 1 is 0.806 bits per heavy atom. The van der Waals surface area contributed by atoms with Crippen molar-refractivity contribution in [2.75, 3.05) is 6.61 Å². The SMILES string of the molecule is CCCCCCCCCCCCCC(COP(=O)(O)O)Oc1cccc2ccccc12. The van der Waals surface area contributed by atoms with Crippen molar-refractivity contribution in [2.24, 2.45) is 0 Å². The Bertz CT molecular complexity index is 783. The standard InChI is InChI=1S/C25H39O5P/c1-2-3-4-5-6-7-8-9-10-11-12-18-23(21-29-31(26,27)28)30-25-20-15-17-22-16-13-14-19-24(22)25/h13-17,19-20,23H,2-12,18,21H2,1H3,(H2,26,27,28). The minimum atomic E-state index is -4.52. The number of rotatable bonds is 17.